The van der Waals surface area contributed by atoms with E-state index in [1.165, 1.54) is 37.0 Å². The summed E-state index contributed by atoms with van der Waals surface area (Å²) in [7, 11) is 0. The van der Waals surface area contributed by atoms with Gasteiger partial charge < -0.3 is 10.1 Å². The van der Waals surface area contributed by atoms with Crippen LogP contribution >= 0.6 is 0 Å². The molecule has 0 aromatic heterocycles. The lowest BCUT2D eigenvalue weighted by molar-refractivity contribution is -0.123. The van der Waals surface area contributed by atoms with E-state index in [0.717, 1.165) is 12.3 Å². The number of hydrogen-bond acceptors (Lipinski definition) is 4. The molecule has 2 aliphatic rings. The van der Waals surface area contributed by atoms with Crippen molar-refractivity contribution in [3.63, 3.8) is 0 Å². The summed E-state index contributed by atoms with van der Waals surface area (Å²) in [4.78, 5) is 36.6. The molecule has 146 valence electrons. The van der Waals surface area contributed by atoms with Crippen molar-refractivity contribution in [3.05, 3.63) is 24.3 Å². The number of rotatable bonds is 7. The molecule has 2 N–H and O–H groups in total. The number of amides is 4. The number of nitrogens with one attached hydrogen (secondary N) is 2. The number of benzene rings is 1. The molecule has 27 heavy (non-hydrogen) atoms. The molecule has 1 saturated carbocycles. The summed E-state index contributed by atoms with van der Waals surface area (Å²) in [5.41, 5.74) is 0.634. The number of carbonyl (C=O) groups excluding carboxylic acids is 3. The lowest BCUT2D eigenvalue weighted by Crippen LogP contribution is -2.49. The third-order valence-corrected chi connectivity index (χ3v) is 5.15. The van der Waals surface area contributed by atoms with Crippen molar-refractivity contribution in [1.82, 2.24) is 10.6 Å². The summed E-state index contributed by atoms with van der Waals surface area (Å²) in [5, 5.41) is 5.20. The van der Waals surface area contributed by atoms with Crippen LogP contribution in [0.2, 0.25) is 0 Å². The van der Waals surface area contributed by atoms with Crippen LogP contribution in [0.5, 0.6) is 5.75 Å². The average molecular weight is 373 g/mol. The Balaban J connectivity index is 1.43. The van der Waals surface area contributed by atoms with Crippen LogP contribution in [-0.4, -0.2) is 37.5 Å². The minimum absolute atomic E-state index is 0.0567. The van der Waals surface area contributed by atoms with Gasteiger partial charge in [-0.2, -0.15) is 0 Å². The van der Waals surface area contributed by atoms with Gasteiger partial charge in [-0.25, -0.2) is 4.79 Å². The zero-order chi connectivity index (χ0) is 19.1. The van der Waals surface area contributed by atoms with Gasteiger partial charge in [-0.05, 0) is 24.5 Å². The molecule has 3 rings (SSSR count). The van der Waals surface area contributed by atoms with Gasteiger partial charge in [-0.15, -0.1) is 0 Å². The van der Waals surface area contributed by atoms with Gasteiger partial charge >= 0.3 is 6.03 Å². The molecule has 1 aliphatic heterocycles. The maximum absolute atomic E-state index is 12.0. The minimum Gasteiger partial charge on any atom is -0.484 e. The van der Waals surface area contributed by atoms with E-state index in [0.29, 0.717) is 24.5 Å². The van der Waals surface area contributed by atoms with Crippen LogP contribution in [-0.2, 0) is 9.59 Å². The lowest BCUT2D eigenvalue weighted by Gasteiger charge is -2.26. The molecule has 0 radical (unpaired) electrons. The summed E-state index contributed by atoms with van der Waals surface area (Å²) >= 11 is 0. The molecule has 7 heteroatoms. The highest BCUT2D eigenvalue weighted by Crippen LogP contribution is 2.26. The zero-order valence-corrected chi connectivity index (χ0v) is 15.5. The first-order chi connectivity index (χ1) is 13.1. The molecular formula is C20H27N3O4. The van der Waals surface area contributed by atoms with Crippen molar-refractivity contribution in [1.29, 1.82) is 0 Å². The molecule has 7 nitrogen and oxygen atoms in total. The Morgan fingerprint density at radius 2 is 2.04 bits per heavy atom. The Morgan fingerprint density at radius 3 is 2.81 bits per heavy atom. The number of anilines is 1. The van der Waals surface area contributed by atoms with Gasteiger partial charge in [0.05, 0.1) is 0 Å². The first-order valence-electron chi connectivity index (χ1n) is 9.73. The Bertz CT molecular complexity index is 686. The van der Waals surface area contributed by atoms with Crippen LogP contribution in [0.25, 0.3) is 0 Å². The SMILES string of the molecule is O=C(COc1cccc(N2CCC(=O)NC2=O)c1)NCCC1CCCCC1. The highest BCUT2D eigenvalue weighted by Gasteiger charge is 2.24. The normalized spacial score (nSPS) is 18.1. The summed E-state index contributed by atoms with van der Waals surface area (Å²) in [6, 6.07) is 6.53. The van der Waals surface area contributed by atoms with E-state index in [9.17, 15) is 14.4 Å². The third-order valence-electron chi connectivity index (χ3n) is 5.15. The zero-order valence-electron chi connectivity index (χ0n) is 15.5. The maximum atomic E-state index is 12.0. The van der Waals surface area contributed by atoms with Gasteiger partial charge in [-0.3, -0.25) is 19.8 Å². The quantitative estimate of drug-likeness (QED) is 0.769. The molecule has 1 aliphatic carbocycles. The van der Waals surface area contributed by atoms with E-state index in [2.05, 4.69) is 10.6 Å². The van der Waals surface area contributed by atoms with E-state index in [1.807, 2.05) is 0 Å². The highest BCUT2D eigenvalue weighted by molar-refractivity contribution is 6.05. The van der Waals surface area contributed by atoms with Crippen molar-refractivity contribution in [2.45, 2.75) is 44.9 Å². The Morgan fingerprint density at radius 1 is 1.22 bits per heavy atom. The Kier molecular flexibility index (Phi) is 6.68. The van der Waals surface area contributed by atoms with Crippen molar-refractivity contribution in [3.8, 4) is 5.75 Å². The summed E-state index contributed by atoms with van der Waals surface area (Å²) in [5.74, 6) is 0.838. The van der Waals surface area contributed by atoms with Crippen LogP contribution < -0.4 is 20.3 Å². The fourth-order valence-corrected chi connectivity index (χ4v) is 3.64. The number of carbonyl (C=O) groups is 3. The van der Waals surface area contributed by atoms with Crippen molar-refractivity contribution < 1.29 is 19.1 Å². The van der Waals surface area contributed by atoms with E-state index >= 15 is 0 Å². The number of hydrogen-bond donors (Lipinski definition) is 2. The number of nitrogens with zero attached hydrogens (tertiary/aromatic N) is 1. The van der Waals surface area contributed by atoms with Crippen molar-refractivity contribution >= 4 is 23.5 Å². The number of urea groups is 1. The topological polar surface area (TPSA) is 87.7 Å². The molecule has 1 heterocycles. The number of imide groups is 1. The van der Waals surface area contributed by atoms with E-state index in [1.54, 1.807) is 24.3 Å². The first-order valence-corrected chi connectivity index (χ1v) is 9.73. The number of ether oxygens (including phenoxy) is 1. The smallest absolute Gasteiger partial charge is 0.328 e. The second-order valence-corrected chi connectivity index (χ2v) is 7.18. The molecule has 0 spiro atoms. The molecule has 0 bridgehead atoms. The molecule has 4 amide bonds. The average Bonchev–Trinajstić information content (AvgIpc) is 2.67. The molecule has 1 saturated heterocycles. The molecular weight excluding hydrogens is 346 g/mol. The monoisotopic (exact) mass is 373 g/mol. The Labute approximate surface area is 159 Å². The molecule has 0 atom stereocenters. The molecule has 2 fully saturated rings. The highest BCUT2D eigenvalue weighted by atomic mass is 16.5. The second kappa shape index (κ2) is 9.39. The fraction of sp³-hybridized carbons (Fsp3) is 0.550. The van der Waals surface area contributed by atoms with E-state index in [-0.39, 0.29) is 24.8 Å². The van der Waals surface area contributed by atoms with Gasteiger partial charge in [0.25, 0.3) is 5.91 Å². The predicted molar refractivity (Wildman–Crippen MR) is 102 cm³/mol. The van der Waals surface area contributed by atoms with Gasteiger partial charge in [0, 0.05) is 31.3 Å². The van der Waals surface area contributed by atoms with Crippen LogP contribution in [0.1, 0.15) is 44.9 Å². The lowest BCUT2D eigenvalue weighted by atomic mass is 9.87. The standard InChI is InChI=1S/C20H27N3O4/c24-18-10-12-23(20(26)22-18)16-7-4-8-17(13-16)27-14-19(25)21-11-9-15-5-2-1-3-6-15/h4,7-8,13,15H,1-3,5-6,9-12,14H2,(H,21,25)(H,22,24,26). The maximum Gasteiger partial charge on any atom is 0.328 e. The van der Waals surface area contributed by atoms with Gasteiger partial charge in [0.2, 0.25) is 5.91 Å². The van der Waals surface area contributed by atoms with Gasteiger partial charge in [-0.1, -0.05) is 38.2 Å². The first kappa shape index (κ1) is 19.2. The molecule has 1 aromatic carbocycles. The Hall–Kier alpha value is -2.57. The molecule has 0 unspecified atom stereocenters. The van der Waals surface area contributed by atoms with Crippen molar-refractivity contribution in [2.24, 2.45) is 5.92 Å². The van der Waals surface area contributed by atoms with Crippen molar-refractivity contribution in [2.75, 3.05) is 24.6 Å². The van der Waals surface area contributed by atoms with Crippen LogP contribution in [0.15, 0.2) is 24.3 Å². The summed E-state index contributed by atoms with van der Waals surface area (Å²) in [6.45, 7) is 0.962. The minimum atomic E-state index is -0.441. The van der Waals surface area contributed by atoms with Crippen LogP contribution in [0, 0.1) is 5.92 Å². The van der Waals surface area contributed by atoms with E-state index in [4.69, 9.17) is 4.74 Å². The van der Waals surface area contributed by atoms with Gasteiger partial charge in [0.15, 0.2) is 6.61 Å². The van der Waals surface area contributed by atoms with Crippen LogP contribution in [0.3, 0.4) is 0 Å². The molecule has 1 aromatic rings. The summed E-state index contributed by atoms with van der Waals surface area (Å²) in [6.07, 6.45) is 7.79. The predicted octanol–water partition coefficient (Wildman–Crippen LogP) is 2.60. The largest absolute Gasteiger partial charge is 0.484 e. The van der Waals surface area contributed by atoms with Crippen LogP contribution in [0.4, 0.5) is 10.5 Å². The second-order valence-electron chi connectivity index (χ2n) is 7.18. The van der Waals surface area contributed by atoms with Gasteiger partial charge in [0.1, 0.15) is 5.75 Å². The van der Waals surface area contributed by atoms with E-state index < -0.39 is 6.03 Å². The fourth-order valence-electron chi connectivity index (χ4n) is 3.64. The third kappa shape index (κ3) is 5.70. The summed E-state index contributed by atoms with van der Waals surface area (Å²) < 4.78 is 5.56.